The first-order chi connectivity index (χ1) is 12.7. The quantitative estimate of drug-likeness (QED) is 0.839. The number of pyridine rings is 1. The Morgan fingerprint density at radius 1 is 0.923 bits per heavy atom. The van der Waals surface area contributed by atoms with E-state index in [0.29, 0.717) is 5.69 Å². The van der Waals surface area contributed by atoms with Gasteiger partial charge in [0, 0.05) is 62.9 Å². The van der Waals surface area contributed by atoms with Gasteiger partial charge < -0.3 is 14.7 Å². The molecular formula is C19H23N7. The molecule has 0 aromatic carbocycles. The Kier molecular flexibility index (Phi) is 4.57. The van der Waals surface area contributed by atoms with Gasteiger partial charge in [-0.05, 0) is 31.9 Å². The Morgan fingerprint density at radius 2 is 1.65 bits per heavy atom. The standard InChI is InChI=1S/C19H23N7/c1-15-12-18(23-19(22-15)26-6-2-3-7-26)25-10-8-24(9-11-25)17-4-5-21-16(13-17)14-20/h4-5,12-13H,2-3,6-11H2,1H3. The average molecular weight is 349 g/mol. The van der Waals surface area contributed by atoms with Crippen LogP contribution in [0.4, 0.5) is 17.5 Å². The van der Waals surface area contributed by atoms with E-state index in [1.54, 1.807) is 6.20 Å². The summed E-state index contributed by atoms with van der Waals surface area (Å²) in [4.78, 5) is 20.4. The molecule has 0 radical (unpaired) electrons. The zero-order valence-electron chi connectivity index (χ0n) is 15.1. The lowest BCUT2D eigenvalue weighted by Gasteiger charge is -2.37. The van der Waals surface area contributed by atoms with Crippen molar-refractivity contribution in [2.75, 3.05) is 54.0 Å². The second kappa shape index (κ2) is 7.16. The summed E-state index contributed by atoms with van der Waals surface area (Å²) in [5.74, 6) is 1.89. The van der Waals surface area contributed by atoms with E-state index >= 15 is 0 Å². The maximum absolute atomic E-state index is 9.04. The molecule has 0 spiro atoms. The molecule has 2 aliphatic heterocycles. The molecule has 4 heterocycles. The molecule has 0 unspecified atom stereocenters. The van der Waals surface area contributed by atoms with Crippen LogP contribution in [0.1, 0.15) is 24.2 Å². The molecule has 0 N–H and O–H groups in total. The van der Waals surface area contributed by atoms with Crippen LogP contribution in [0.3, 0.4) is 0 Å². The molecule has 4 rings (SSSR count). The first-order valence-corrected chi connectivity index (χ1v) is 9.19. The van der Waals surface area contributed by atoms with E-state index in [0.717, 1.165) is 62.4 Å². The van der Waals surface area contributed by atoms with Crippen LogP contribution in [0.15, 0.2) is 24.4 Å². The predicted octanol–water partition coefficient (Wildman–Crippen LogP) is 1.98. The third-order valence-corrected chi connectivity index (χ3v) is 5.04. The molecule has 0 aliphatic carbocycles. The van der Waals surface area contributed by atoms with Crippen LogP contribution in [0, 0.1) is 18.3 Å². The van der Waals surface area contributed by atoms with Gasteiger partial charge in [-0.1, -0.05) is 0 Å². The van der Waals surface area contributed by atoms with Crippen molar-refractivity contribution < 1.29 is 0 Å². The topological polar surface area (TPSA) is 72.2 Å². The Morgan fingerprint density at radius 3 is 2.38 bits per heavy atom. The van der Waals surface area contributed by atoms with E-state index in [2.05, 4.69) is 36.8 Å². The summed E-state index contributed by atoms with van der Waals surface area (Å²) in [7, 11) is 0. The SMILES string of the molecule is Cc1cc(N2CCN(c3ccnc(C#N)c3)CC2)nc(N2CCCC2)n1. The third kappa shape index (κ3) is 3.40. The van der Waals surface area contributed by atoms with Crippen LogP contribution in [-0.4, -0.2) is 54.2 Å². The molecule has 2 aliphatic rings. The van der Waals surface area contributed by atoms with Gasteiger partial charge in [-0.3, -0.25) is 0 Å². The summed E-state index contributed by atoms with van der Waals surface area (Å²) in [6.45, 7) is 7.76. The first kappa shape index (κ1) is 16.6. The lowest BCUT2D eigenvalue weighted by molar-refractivity contribution is 0.645. The predicted molar refractivity (Wildman–Crippen MR) is 102 cm³/mol. The number of aryl methyl sites for hydroxylation is 1. The number of aromatic nitrogens is 3. The lowest BCUT2D eigenvalue weighted by Crippen LogP contribution is -2.47. The van der Waals surface area contributed by atoms with E-state index in [-0.39, 0.29) is 0 Å². The van der Waals surface area contributed by atoms with Gasteiger partial charge in [0.05, 0.1) is 0 Å². The minimum atomic E-state index is 0.464. The van der Waals surface area contributed by atoms with Crippen LogP contribution in [0.25, 0.3) is 0 Å². The van der Waals surface area contributed by atoms with Gasteiger partial charge in [0.15, 0.2) is 0 Å². The Hall–Kier alpha value is -2.88. The minimum Gasteiger partial charge on any atom is -0.368 e. The molecule has 7 nitrogen and oxygen atoms in total. The monoisotopic (exact) mass is 349 g/mol. The van der Waals surface area contributed by atoms with Crippen molar-refractivity contribution >= 4 is 17.5 Å². The summed E-state index contributed by atoms with van der Waals surface area (Å²) in [6.07, 6.45) is 4.15. The van der Waals surface area contributed by atoms with Gasteiger partial charge in [-0.15, -0.1) is 0 Å². The summed E-state index contributed by atoms with van der Waals surface area (Å²) in [6, 6.07) is 8.02. The van der Waals surface area contributed by atoms with Gasteiger partial charge in [-0.2, -0.15) is 10.2 Å². The van der Waals surface area contributed by atoms with E-state index in [9.17, 15) is 0 Å². The van der Waals surface area contributed by atoms with Gasteiger partial charge in [-0.25, -0.2) is 9.97 Å². The molecule has 0 atom stereocenters. The highest BCUT2D eigenvalue weighted by atomic mass is 15.3. The second-order valence-electron chi connectivity index (χ2n) is 6.85. The fourth-order valence-electron chi connectivity index (χ4n) is 3.63. The van der Waals surface area contributed by atoms with Crippen LogP contribution in [0.2, 0.25) is 0 Å². The summed E-state index contributed by atoms with van der Waals surface area (Å²) < 4.78 is 0. The first-order valence-electron chi connectivity index (χ1n) is 9.19. The van der Waals surface area contributed by atoms with Gasteiger partial charge in [0.25, 0.3) is 0 Å². The van der Waals surface area contributed by atoms with Gasteiger partial charge in [0.2, 0.25) is 5.95 Å². The maximum atomic E-state index is 9.04. The molecule has 2 fully saturated rings. The van der Waals surface area contributed by atoms with Crippen LogP contribution in [0.5, 0.6) is 0 Å². The maximum Gasteiger partial charge on any atom is 0.227 e. The molecule has 2 aromatic rings. The van der Waals surface area contributed by atoms with Gasteiger partial charge in [0.1, 0.15) is 17.6 Å². The fraction of sp³-hybridized carbons (Fsp3) is 0.474. The van der Waals surface area contributed by atoms with Crippen LogP contribution >= 0.6 is 0 Å². The number of hydrogen-bond acceptors (Lipinski definition) is 7. The average Bonchev–Trinajstić information content (AvgIpc) is 3.23. The normalized spacial score (nSPS) is 17.5. The lowest BCUT2D eigenvalue weighted by atomic mass is 10.2. The van der Waals surface area contributed by atoms with E-state index in [1.807, 2.05) is 19.1 Å². The zero-order chi connectivity index (χ0) is 17.9. The summed E-state index contributed by atoms with van der Waals surface area (Å²) in [5.41, 5.74) is 2.55. The summed E-state index contributed by atoms with van der Waals surface area (Å²) >= 11 is 0. The van der Waals surface area contributed by atoms with E-state index in [1.165, 1.54) is 12.8 Å². The minimum absolute atomic E-state index is 0.464. The zero-order valence-corrected chi connectivity index (χ0v) is 15.1. The van der Waals surface area contributed by atoms with Crippen molar-refractivity contribution in [3.8, 4) is 6.07 Å². The number of nitriles is 1. The van der Waals surface area contributed by atoms with Crippen LogP contribution in [-0.2, 0) is 0 Å². The highest BCUT2D eigenvalue weighted by Crippen LogP contribution is 2.23. The smallest absolute Gasteiger partial charge is 0.227 e. The van der Waals surface area contributed by atoms with Crippen molar-refractivity contribution in [2.45, 2.75) is 19.8 Å². The van der Waals surface area contributed by atoms with Crippen molar-refractivity contribution in [1.82, 2.24) is 15.0 Å². The molecule has 2 saturated heterocycles. The molecule has 7 heteroatoms. The second-order valence-corrected chi connectivity index (χ2v) is 6.85. The van der Waals surface area contributed by atoms with E-state index in [4.69, 9.17) is 10.2 Å². The molecular weight excluding hydrogens is 326 g/mol. The number of nitrogens with zero attached hydrogens (tertiary/aromatic N) is 7. The third-order valence-electron chi connectivity index (χ3n) is 5.04. The Balaban J connectivity index is 1.47. The molecule has 2 aromatic heterocycles. The molecule has 26 heavy (non-hydrogen) atoms. The highest BCUT2D eigenvalue weighted by Gasteiger charge is 2.21. The van der Waals surface area contributed by atoms with E-state index < -0.39 is 0 Å². The number of anilines is 3. The number of rotatable bonds is 3. The Bertz CT molecular complexity index is 815. The molecule has 0 saturated carbocycles. The molecule has 134 valence electrons. The highest BCUT2D eigenvalue weighted by molar-refractivity contribution is 5.52. The molecule has 0 amide bonds. The number of piperazine rings is 1. The van der Waals surface area contributed by atoms with Crippen molar-refractivity contribution in [1.29, 1.82) is 5.26 Å². The largest absolute Gasteiger partial charge is 0.368 e. The Labute approximate surface area is 153 Å². The van der Waals surface area contributed by atoms with Crippen molar-refractivity contribution in [3.63, 3.8) is 0 Å². The van der Waals surface area contributed by atoms with Crippen molar-refractivity contribution in [3.05, 3.63) is 35.8 Å². The van der Waals surface area contributed by atoms with Crippen molar-refractivity contribution in [2.24, 2.45) is 0 Å². The number of hydrogen-bond donors (Lipinski definition) is 0. The van der Waals surface area contributed by atoms with Gasteiger partial charge >= 0.3 is 0 Å². The molecule has 0 bridgehead atoms. The fourth-order valence-corrected chi connectivity index (χ4v) is 3.63. The summed E-state index contributed by atoms with van der Waals surface area (Å²) in [5, 5.41) is 9.04. The van der Waals surface area contributed by atoms with Crippen LogP contribution < -0.4 is 14.7 Å².